The van der Waals surface area contributed by atoms with Gasteiger partial charge < -0.3 is 20.5 Å². The molecule has 0 saturated heterocycles. The van der Waals surface area contributed by atoms with E-state index in [2.05, 4.69) is 10.6 Å². The molecule has 0 aliphatic rings. The first-order valence-corrected chi connectivity index (χ1v) is 5.98. The molecule has 104 valence electrons. The zero-order chi connectivity index (χ0) is 14.1. The van der Waals surface area contributed by atoms with Crippen molar-refractivity contribution < 1.29 is 19.4 Å². The van der Waals surface area contributed by atoms with Crippen molar-refractivity contribution in [3.05, 3.63) is 29.8 Å². The lowest BCUT2D eigenvalue weighted by Gasteiger charge is -2.08. The highest BCUT2D eigenvalue weighted by molar-refractivity contribution is 5.73. The van der Waals surface area contributed by atoms with Crippen LogP contribution < -0.4 is 15.4 Å². The monoisotopic (exact) mass is 266 g/mol. The number of urea groups is 1. The van der Waals surface area contributed by atoms with Crippen LogP contribution in [-0.2, 0) is 11.3 Å². The smallest absolute Gasteiger partial charge is 0.315 e. The van der Waals surface area contributed by atoms with Gasteiger partial charge in [-0.2, -0.15) is 0 Å². The van der Waals surface area contributed by atoms with Gasteiger partial charge in [-0.1, -0.05) is 12.1 Å². The number of amides is 2. The van der Waals surface area contributed by atoms with Gasteiger partial charge in [-0.25, -0.2) is 4.79 Å². The second kappa shape index (κ2) is 7.97. The molecule has 3 N–H and O–H groups in total. The number of hydrogen-bond donors (Lipinski definition) is 3. The first kappa shape index (κ1) is 14.8. The van der Waals surface area contributed by atoms with Crippen LogP contribution in [0.4, 0.5) is 4.79 Å². The lowest BCUT2D eigenvalue weighted by atomic mass is 10.2. The zero-order valence-electron chi connectivity index (χ0n) is 10.8. The van der Waals surface area contributed by atoms with E-state index in [4.69, 9.17) is 9.84 Å². The molecule has 1 aromatic rings. The van der Waals surface area contributed by atoms with Gasteiger partial charge in [0.1, 0.15) is 5.75 Å². The van der Waals surface area contributed by atoms with Crippen molar-refractivity contribution in [1.29, 1.82) is 0 Å². The maximum atomic E-state index is 11.4. The van der Waals surface area contributed by atoms with Crippen LogP contribution in [0.1, 0.15) is 18.4 Å². The molecule has 1 rings (SSSR count). The van der Waals surface area contributed by atoms with Crippen molar-refractivity contribution in [1.82, 2.24) is 10.6 Å². The number of benzene rings is 1. The van der Waals surface area contributed by atoms with Crippen LogP contribution in [0.25, 0.3) is 0 Å². The summed E-state index contributed by atoms with van der Waals surface area (Å²) >= 11 is 0. The van der Waals surface area contributed by atoms with Gasteiger partial charge in [0.2, 0.25) is 0 Å². The Labute approximate surface area is 111 Å². The fourth-order valence-electron chi connectivity index (χ4n) is 1.47. The SMILES string of the molecule is COc1cccc(CNC(=O)NCCCC(=O)O)c1. The van der Waals surface area contributed by atoms with Crippen molar-refractivity contribution in [3.63, 3.8) is 0 Å². The highest BCUT2D eigenvalue weighted by Gasteiger charge is 2.02. The molecule has 0 unspecified atom stereocenters. The molecule has 0 aliphatic heterocycles. The van der Waals surface area contributed by atoms with Gasteiger partial charge in [-0.15, -0.1) is 0 Å². The number of hydrogen-bond acceptors (Lipinski definition) is 3. The molecule has 0 heterocycles. The highest BCUT2D eigenvalue weighted by atomic mass is 16.5. The van der Waals surface area contributed by atoms with E-state index in [0.717, 1.165) is 11.3 Å². The molecule has 0 aromatic heterocycles. The van der Waals surface area contributed by atoms with Gasteiger partial charge in [-0.3, -0.25) is 4.79 Å². The van der Waals surface area contributed by atoms with E-state index in [1.54, 1.807) is 7.11 Å². The standard InChI is InChI=1S/C13H18N2O4/c1-19-11-5-2-4-10(8-11)9-15-13(18)14-7-3-6-12(16)17/h2,4-5,8H,3,6-7,9H2,1H3,(H,16,17)(H2,14,15,18). The van der Waals surface area contributed by atoms with Gasteiger partial charge >= 0.3 is 12.0 Å². The summed E-state index contributed by atoms with van der Waals surface area (Å²) in [7, 11) is 1.59. The molecule has 19 heavy (non-hydrogen) atoms. The summed E-state index contributed by atoms with van der Waals surface area (Å²) < 4.78 is 5.08. The van der Waals surface area contributed by atoms with Gasteiger partial charge in [0.05, 0.1) is 7.11 Å². The number of carboxylic acids is 1. The van der Waals surface area contributed by atoms with E-state index in [9.17, 15) is 9.59 Å². The van der Waals surface area contributed by atoms with E-state index in [0.29, 0.717) is 19.5 Å². The molecular formula is C13H18N2O4. The highest BCUT2D eigenvalue weighted by Crippen LogP contribution is 2.11. The quantitative estimate of drug-likeness (QED) is 0.650. The molecule has 2 amide bonds. The average Bonchev–Trinajstić information content (AvgIpc) is 2.41. The molecule has 0 fully saturated rings. The number of carbonyl (C=O) groups excluding carboxylic acids is 1. The molecular weight excluding hydrogens is 248 g/mol. The Morgan fingerprint density at radius 2 is 2.11 bits per heavy atom. The third kappa shape index (κ3) is 6.30. The Morgan fingerprint density at radius 1 is 1.32 bits per heavy atom. The number of rotatable bonds is 7. The lowest BCUT2D eigenvalue weighted by molar-refractivity contribution is -0.137. The van der Waals surface area contributed by atoms with E-state index >= 15 is 0 Å². The van der Waals surface area contributed by atoms with Crippen LogP contribution in [0, 0.1) is 0 Å². The Hall–Kier alpha value is -2.24. The maximum absolute atomic E-state index is 11.4. The van der Waals surface area contributed by atoms with Crippen molar-refractivity contribution >= 4 is 12.0 Å². The van der Waals surface area contributed by atoms with Crippen molar-refractivity contribution in [2.24, 2.45) is 0 Å². The van der Waals surface area contributed by atoms with Crippen LogP contribution in [0.15, 0.2) is 24.3 Å². The number of methoxy groups -OCH3 is 1. The number of nitrogens with one attached hydrogen (secondary N) is 2. The maximum Gasteiger partial charge on any atom is 0.315 e. The molecule has 1 aromatic carbocycles. The minimum Gasteiger partial charge on any atom is -0.497 e. The van der Waals surface area contributed by atoms with E-state index < -0.39 is 5.97 Å². The first-order chi connectivity index (χ1) is 9.11. The molecule has 6 nitrogen and oxygen atoms in total. The van der Waals surface area contributed by atoms with Crippen LogP contribution >= 0.6 is 0 Å². The van der Waals surface area contributed by atoms with Crippen LogP contribution in [-0.4, -0.2) is 30.8 Å². The average molecular weight is 266 g/mol. The normalized spacial score (nSPS) is 9.74. The third-order valence-corrected chi connectivity index (χ3v) is 2.44. The zero-order valence-corrected chi connectivity index (χ0v) is 10.8. The summed E-state index contributed by atoms with van der Waals surface area (Å²) in [6, 6.07) is 7.09. The fraction of sp³-hybridized carbons (Fsp3) is 0.385. The molecule has 0 spiro atoms. The summed E-state index contributed by atoms with van der Waals surface area (Å²) in [5.41, 5.74) is 0.931. The minimum absolute atomic E-state index is 0.0518. The van der Waals surface area contributed by atoms with Crippen molar-refractivity contribution in [2.45, 2.75) is 19.4 Å². The fourth-order valence-corrected chi connectivity index (χ4v) is 1.47. The molecule has 0 aliphatic carbocycles. The number of carboxylic acid groups (broad SMARTS) is 1. The van der Waals surface area contributed by atoms with Crippen LogP contribution in [0.5, 0.6) is 5.75 Å². The Bertz CT molecular complexity index is 434. The number of ether oxygens (including phenoxy) is 1. The lowest BCUT2D eigenvalue weighted by Crippen LogP contribution is -2.35. The Kier molecular flexibility index (Phi) is 6.21. The topological polar surface area (TPSA) is 87.7 Å². The van der Waals surface area contributed by atoms with Crippen LogP contribution in [0.3, 0.4) is 0 Å². The minimum atomic E-state index is -0.862. The molecule has 6 heteroatoms. The second-order valence-electron chi connectivity index (χ2n) is 3.96. The second-order valence-corrected chi connectivity index (χ2v) is 3.96. The van der Waals surface area contributed by atoms with E-state index in [-0.39, 0.29) is 12.5 Å². The third-order valence-electron chi connectivity index (χ3n) is 2.44. The van der Waals surface area contributed by atoms with E-state index in [1.807, 2.05) is 24.3 Å². The Balaban J connectivity index is 2.24. The summed E-state index contributed by atoms with van der Waals surface area (Å²) in [6.07, 6.45) is 0.470. The van der Waals surface area contributed by atoms with Crippen molar-refractivity contribution in [3.8, 4) is 5.75 Å². The number of aliphatic carboxylic acids is 1. The first-order valence-electron chi connectivity index (χ1n) is 5.98. The summed E-state index contributed by atoms with van der Waals surface area (Å²) in [5, 5.41) is 13.7. The van der Waals surface area contributed by atoms with Crippen molar-refractivity contribution in [2.75, 3.05) is 13.7 Å². The van der Waals surface area contributed by atoms with Gasteiger partial charge in [0.15, 0.2) is 0 Å². The summed E-state index contributed by atoms with van der Waals surface area (Å²) in [6.45, 7) is 0.734. The summed E-state index contributed by atoms with van der Waals surface area (Å²) in [4.78, 5) is 21.7. The molecule has 0 saturated carbocycles. The predicted octanol–water partition coefficient (Wildman–Crippen LogP) is 1.36. The predicted molar refractivity (Wildman–Crippen MR) is 70.1 cm³/mol. The molecule has 0 atom stereocenters. The summed E-state index contributed by atoms with van der Waals surface area (Å²) in [5.74, 6) is -0.125. The van der Waals surface area contributed by atoms with Gasteiger partial charge in [-0.05, 0) is 24.1 Å². The molecule has 0 bridgehead atoms. The largest absolute Gasteiger partial charge is 0.497 e. The van der Waals surface area contributed by atoms with Gasteiger partial charge in [0.25, 0.3) is 0 Å². The number of carbonyl (C=O) groups is 2. The molecule has 0 radical (unpaired) electrons. The Morgan fingerprint density at radius 3 is 2.79 bits per heavy atom. The van der Waals surface area contributed by atoms with Gasteiger partial charge in [0, 0.05) is 19.5 Å². The van der Waals surface area contributed by atoms with E-state index in [1.165, 1.54) is 0 Å². The van der Waals surface area contributed by atoms with Crippen LogP contribution in [0.2, 0.25) is 0 Å².